The zero-order valence-corrected chi connectivity index (χ0v) is 6.54. The van der Waals surface area contributed by atoms with Crippen molar-refractivity contribution in [2.24, 2.45) is 5.73 Å². The smallest absolute Gasteiger partial charge is 0.234 e. The van der Waals surface area contributed by atoms with E-state index in [1.165, 1.54) is 7.11 Å². The van der Waals surface area contributed by atoms with Crippen molar-refractivity contribution in [3.8, 4) is 0 Å². The molecule has 0 spiro atoms. The molecule has 66 valence electrons. The highest BCUT2D eigenvalue weighted by Gasteiger charge is 2.08. The molecule has 1 atom stereocenters. The van der Waals surface area contributed by atoms with E-state index in [0.29, 0.717) is 6.61 Å². The van der Waals surface area contributed by atoms with Crippen LogP contribution in [0, 0.1) is 0 Å². The van der Waals surface area contributed by atoms with Gasteiger partial charge in [0.05, 0.1) is 25.8 Å². The van der Waals surface area contributed by atoms with Gasteiger partial charge in [0.15, 0.2) is 0 Å². The van der Waals surface area contributed by atoms with Crippen LogP contribution in [0.15, 0.2) is 0 Å². The minimum atomic E-state index is -0.351. The Morgan fingerprint density at radius 3 is 2.82 bits per heavy atom. The number of methoxy groups -OCH3 is 1. The molecule has 5 nitrogen and oxygen atoms in total. The lowest BCUT2D eigenvalue weighted by molar-refractivity contribution is -0.121. The number of aliphatic hydroxyl groups is 1. The molecule has 0 bridgehead atoms. The number of rotatable bonds is 5. The van der Waals surface area contributed by atoms with Crippen LogP contribution in [0.4, 0.5) is 0 Å². The van der Waals surface area contributed by atoms with Crippen LogP contribution in [0.3, 0.4) is 0 Å². The van der Waals surface area contributed by atoms with Gasteiger partial charge >= 0.3 is 0 Å². The van der Waals surface area contributed by atoms with E-state index in [2.05, 4.69) is 5.32 Å². The van der Waals surface area contributed by atoms with Gasteiger partial charge in [-0.05, 0) is 0 Å². The summed E-state index contributed by atoms with van der Waals surface area (Å²) in [6.07, 6.45) is 0. The van der Waals surface area contributed by atoms with E-state index in [9.17, 15) is 4.79 Å². The van der Waals surface area contributed by atoms with Crippen LogP contribution in [0.2, 0.25) is 0 Å². The van der Waals surface area contributed by atoms with E-state index in [0.717, 1.165) is 0 Å². The Labute approximate surface area is 65.5 Å². The Morgan fingerprint density at radius 2 is 2.45 bits per heavy atom. The SMILES string of the molecule is COCC(CO)NC(=O)CN. The molecule has 0 radical (unpaired) electrons. The first-order valence-corrected chi connectivity index (χ1v) is 3.33. The molecule has 0 aromatic carbocycles. The molecule has 0 fully saturated rings. The number of carbonyl (C=O) groups is 1. The summed E-state index contributed by atoms with van der Waals surface area (Å²) in [7, 11) is 1.50. The number of aliphatic hydroxyl groups excluding tert-OH is 1. The first-order valence-electron chi connectivity index (χ1n) is 3.33. The molecule has 0 heterocycles. The van der Waals surface area contributed by atoms with Gasteiger partial charge in [0.25, 0.3) is 0 Å². The Balaban J connectivity index is 3.58. The van der Waals surface area contributed by atoms with Gasteiger partial charge in [-0.1, -0.05) is 0 Å². The number of carbonyl (C=O) groups excluding carboxylic acids is 1. The van der Waals surface area contributed by atoms with Crippen LogP contribution in [0.25, 0.3) is 0 Å². The number of hydrogen-bond acceptors (Lipinski definition) is 4. The second kappa shape index (κ2) is 6.09. The lowest BCUT2D eigenvalue weighted by Crippen LogP contribution is -2.43. The van der Waals surface area contributed by atoms with Gasteiger partial charge in [0.1, 0.15) is 0 Å². The van der Waals surface area contributed by atoms with Crippen LogP contribution in [0.5, 0.6) is 0 Å². The van der Waals surface area contributed by atoms with Crippen LogP contribution < -0.4 is 11.1 Å². The summed E-state index contributed by atoms with van der Waals surface area (Å²) < 4.78 is 4.72. The molecule has 5 heteroatoms. The van der Waals surface area contributed by atoms with E-state index < -0.39 is 0 Å². The van der Waals surface area contributed by atoms with Crippen LogP contribution in [-0.2, 0) is 9.53 Å². The zero-order chi connectivity index (χ0) is 8.69. The molecular weight excluding hydrogens is 148 g/mol. The average molecular weight is 162 g/mol. The molecule has 0 aromatic heterocycles. The van der Waals surface area contributed by atoms with E-state index in [1.807, 2.05) is 0 Å². The van der Waals surface area contributed by atoms with Crippen molar-refractivity contribution in [2.45, 2.75) is 6.04 Å². The third-order valence-electron chi connectivity index (χ3n) is 1.14. The Bertz CT molecular complexity index is 118. The highest BCUT2D eigenvalue weighted by atomic mass is 16.5. The summed E-state index contributed by atoms with van der Waals surface area (Å²) in [4.78, 5) is 10.7. The molecule has 0 saturated heterocycles. The quantitative estimate of drug-likeness (QED) is 0.439. The molecule has 0 aliphatic carbocycles. The maximum atomic E-state index is 10.7. The van der Waals surface area contributed by atoms with E-state index in [4.69, 9.17) is 15.6 Å². The second-order valence-electron chi connectivity index (χ2n) is 2.11. The number of nitrogens with two attached hydrogens (primary N) is 1. The monoisotopic (exact) mass is 162 g/mol. The maximum Gasteiger partial charge on any atom is 0.234 e. The highest BCUT2D eigenvalue weighted by Crippen LogP contribution is 1.81. The highest BCUT2D eigenvalue weighted by molar-refractivity contribution is 5.78. The Hall–Kier alpha value is -0.650. The van der Waals surface area contributed by atoms with E-state index >= 15 is 0 Å². The summed E-state index contributed by atoms with van der Waals surface area (Å²) in [6, 6.07) is -0.351. The first-order chi connectivity index (χ1) is 5.24. The van der Waals surface area contributed by atoms with Gasteiger partial charge in [-0.3, -0.25) is 4.79 Å². The summed E-state index contributed by atoms with van der Waals surface area (Å²) >= 11 is 0. The van der Waals surface area contributed by atoms with Gasteiger partial charge in [0.2, 0.25) is 5.91 Å². The van der Waals surface area contributed by atoms with Gasteiger partial charge < -0.3 is 20.9 Å². The van der Waals surface area contributed by atoms with E-state index in [1.54, 1.807) is 0 Å². The summed E-state index contributed by atoms with van der Waals surface area (Å²) in [5.74, 6) is -0.291. The largest absolute Gasteiger partial charge is 0.394 e. The molecule has 0 aromatic rings. The van der Waals surface area contributed by atoms with Gasteiger partial charge in [-0.15, -0.1) is 0 Å². The molecule has 1 amide bonds. The van der Waals surface area contributed by atoms with Crippen LogP contribution in [-0.4, -0.2) is 43.9 Å². The minimum Gasteiger partial charge on any atom is -0.394 e. The summed E-state index contributed by atoms with van der Waals surface area (Å²) in [5.41, 5.74) is 5.04. The topological polar surface area (TPSA) is 84.6 Å². The molecule has 0 rings (SSSR count). The maximum absolute atomic E-state index is 10.7. The van der Waals surface area contributed by atoms with Crippen LogP contribution in [0.1, 0.15) is 0 Å². The molecule has 4 N–H and O–H groups in total. The lowest BCUT2D eigenvalue weighted by atomic mass is 10.3. The number of ether oxygens (including phenoxy) is 1. The summed E-state index contributed by atoms with van der Waals surface area (Å²) in [6.45, 7) is 0.0854. The zero-order valence-electron chi connectivity index (χ0n) is 6.54. The van der Waals surface area contributed by atoms with Gasteiger partial charge in [-0.25, -0.2) is 0 Å². The molecule has 0 saturated carbocycles. The van der Waals surface area contributed by atoms with Gasteiger partial charge in [-0.2, -0.15) is 0 Å². The minimum absolute atomic E-state index is 0.0692. The fraction of sp³-hybridized carbons (Fsp3) is 0.833. The molecule has 1 unspecified atom stereocenters. The number of nitrogens with one attached hydrogen (secondary N) is 1. The Kier molecular flexibility index (Phi) is 5.73. The number of hydrogen-bond donors (Lipinski definition) is 3. The second-order valence-corrected chi connectivity index (χ2v) is 2.11. The lowest BCUT2D eigenvalue weighted by Gasteiger charge is -2.13. The van der Waals surface area contributed by atoms with E-state index in [-0.39, 0.29) is 25.1 Å². The number of amides is 1. The van der Waals surface area contributed by atoms with Crippen LogP contribution >= 0.6 is 0 Å². The predicted molar refractivity (Wildman–Crippen MR) is 39.9 cm³/mol. The molecule has 11 heavy (non-hydrogen) atoms. The van der Waals surface area contributed by atoms with Crippen molar-refractivity contribution in [1.29, 1.82) is 0 Å². The van der Waals surface area contributed by atoms with Crippen molar-refractivity contribution >= 4 is 5.91 Å². The molecule has 0 aliphatic heterocycles. The van der Waals surface area contributed by atoms with Crippen molar-refractivity contribution in [3.63, 3.8) is 0 Å². The average Bonchev–Trinajstić information content (AvgIpc) is 2.03. The van der Waals surface area contributed by atoms with Crippen molar-refractivity contribution in [3.05, 3.63) is 0 Å². The van der Waals surface area contributed by atoms with Gasteiger partial charge in [0, 0.05) is 7.11 Å². The fourth-order valence-corrected chi connectivity index (χ4v) is 0.628. The molecular formula is C6H14N2O3. The van der Waals surface area contributed by atoms with Crippen molar-refractivity contribution < 1.29 is 14.6 Å². The normalized spacial score (nSPS) is 12.6. The van der Waals surface area contributed by atoms with Crippen molar-refractivity contribution in [2.75, 3.05) is 26.9 Å². The summed E-state index contributed by atoms with van der Waals surface area (Å²) in [5, 5.41) is 11.1. The Morgan fingerprint density at radius 1 is 1.82 bits per heavy atom. The predicted octanol–water partition coefficient (Wildman–Crippen LogP) is -1.93. The first kappa shape index (κ1) is 10.3. The third kappa shape index (κ3) is 4.72. The fourth-order valence-electron chi connectivity index (χ4n) is 0.628. The third-order valence-corrected chi connectivity index (χ3v) is 1.14. The standard InChI is InChI=1S/C6H14N2O3/c1-11-4-5(3-9)8-6(10)2-7/h5,9H,2-4,7H2,1H3,(H,8,10). The van der Waals surface area contributed by atoms with Crippen molar-refractivity contribution in [1.82, 2.24) is 5.32 Å². The molecule has 0 aliphatic rings.